The van der Waals surface area contributed by atoms with Crippen molar-refractivity contribution in [3.8, 4) is 11.5 Å². The van der Waals surface area contributed by atoms with Crippen LogP contribution in [-0.4, -0.2) is 68.3 Å². The number of piperidine rings is 2. The molecule has 0 unspecified atom stereocenters. The first-order valence-corrected chi connectivity index (χ1v) is 16.9. The van der Waals surface area contributed by atoms with E-state index in [0.717, 1.165) is 69.0 Å². The van der Waals surface area contributed by atoms with E-state index in [-0.39, 0.29) is 6.10 Å². The van der Waals surface area contributed by atoms with Crippen LogP contribution in [0.3, 0.4) is 0 Å². The summed E-state index contributed by atoms with van der Waals surface area (Å²) in [5.74, 6) is 2.89. The molecule has 3 fully saturated rings. The minimum Gasteiger partial charge on any atom is -0.493 e. The fourth-order valence-corrected chi connectivity index (χ4v) is 7.55. The second kappa shape index (κ2) is 15.2. The van der Waals surface area contributed by atoms with Gasteiger partial charge < -0.3 is 24.6 Å². The van der Waals surface area contributed by atoms with Gasteiger partial charge in [-0.15, -0.1) is 0 Å². The molecule has 0 aromatic heterocycles. The van der Waals surface area contributed by atoms with Gasteiger partial charge >= 0.3 is 0 Å². The molecule has 2 aliphatic heterocycles. The number of methoxy groups -OCH3 is 1. The van der Waals surface area contributed by atoms with Gasteiger partial charge in [-0.25, -0.2) is 0 Å². The van der Waals surface area contributed by atoms with Crippen LogP contribution in [0.1, 0.15) is 74.0 Å². The molecule has 1 aliphatic carbocycles. The summed E-state index contributed by atoms with van der Waals surface area (Å²) in [6.07, 6.45) is 10.7. The molecular formula is C38H51N3O2. The Labute approximate surface area is 259 Å². The first-order chi connectivity index (χ1) is 21.2. The molecule has 1 saturated carbocycles. The average Bonchev–Trinajstić information content (AvgIpc) is 3.61. The summed E-state index contributed by atoms with van der Waals surface area (Å²) < 4.78 is 12.3. The Morgan fingerprint density at radius 2 is 1.40 bits per heavy atom. The van der Waals surface area contributed by atoms with Gasteiger partial charge in [0, 0.05) is 38.1 Å². The highest BCUT2D eigenvalue weighted by molar-refractivity contribution is 5.43. The lowest BCUT2D eigenvalue weighted by Gasteiger charge is -2.36. The molecule has 0 atom stereocenters. The molecule has 1 N–H and O–H groups in total. The van der Waals surface area contributed by atoms with Crippen LogP contribution in [-0.2, 0) is 6.54 Å². The number of hydrogen-bond donors (Lipinski definition) is 1. The van der Waals surface area contributed by atoms with Crippen molar-refractivity contribution in [3.05, 3.63) is 95.6 Å². The molecule has 2 heterocycles. The fourth-order valence-electron chi connectivity index (χ4n) is 7.55. The van der Waals surface area contributed by atoms with Gasteiger partial charge in [0.1, 0.15) is 6.10 Å². The predicted molar refractivity (Wildman–Crippen MR) is 176 cm³/mol. The molecule has 3 aliphatic rings. The molecule has 3 aromatic rings. The summed E-state index contributed by atoms with van der Waals surface area (Å²) in [5, 5.41) is 3.73. The summed E-state index contributed by atoms with van der Waals surface area (Å²) in [4.78, 5) is 5.37. The lowest BCUT2D eigenvalue weighted by atomic mass is 9.90. The van der Waals surface area contributed by atoms with E-state index in [9.17, 15) is 0 Å². The van der Waals surface area contributed by atoms with Gasteiger partial charge in [-0.1, -0.05) is 79.6 Å². The van der Waals surface area contributed by atoms with Gasteiger partial charge in [-0.3, -0.25) is 0 Å². The molecule has 0 amide bonds. The zero-order valence-electron chi connectivity index (χ0n) is 26.1. The molecule has 0 bridgehead atoms. The zero-order chi connectivity index (χ0) is 29.3. The van der Waals surface area contributed by atoms with Crippen molar-refractivity contribution in [3.63, 3.8) is 0 Å². The van der Waals surface area contributed by atoms with E-state index in [1.165, 1.54) is 68.3 Å². The Morgan fingerprint density at radius 1 is 0.744 bits per heavy atom. The van der Waals surface area contributed by atoms with E-state index in [1.807, 2.05) is 0 Å². The topological polar surface area (TPSA) is 37.0 Å². The van der Waals surface area contributed by atoms with E-state index in [1.54, 1.807) is 7.11 Å². The van der Waals surface area contributed by atoms with Gasteiger partial charge in [0.2, 0.25) is 0 Å². The Morgan fingerprint density at radius 3 is 2.02 bits per heavy atom. The molecule has 5 nitrogen and oxygen atoms in total. The van der Waals surface area contributed by atoms with Crippen LogP contribution in [0.25, 0.3) is 0 Å². The van der Waals surface area contributed by atoms with Crippen LogP contribution in [0.15, 0.2) is 78.9 Å². The lowest BCUT2D eigenvalue weighted by molar-refractivity contribution is 0.0963. The van der Waals surface area contributed by atoms with Crippen LogP contribution < -0.4 is 14.8 Å². The standard InChI is InChI=1S/C38H51N3O2/c1-42-38-26-31(28-39-27-30-18-24-41(25-19-30)34-14-8-9-15-34)16-17-37(38)43-35-20-22-40(23-21-35)29-36(32-10-4-2-5-11-32)33-12-6-3-7-13-33/h2-7,10-13,16-17,26,30,34-36,39H,8-9,14-15,18-25,27-29H2,1H3. The Hall–Kier alpha value is -2.86. The van der Waals surface area contributed by atoms with Crippen molar-refractivity contribution in [2.75, 3.05) is 46.4 Å². The third-order valence-corrected chi connectivity index (χ3v) is 10.2. The van der Waals surface area contributed by atoms with Gasteiger partial charge in [0.05, 0.1) is 7.11 Å². The number of benzene rings is 3. The fraction of sp³-hybridized carbons (Fsp3) is 0.526. The van der Waals surface area contributed by atoms with Gasteiger partial charge in [-0.2, -0.15) is 0 Å². The van der Waals surface area contributed by atoms with Crippen LogP contribution in [0.2, 0.25) is 0 Å². The van der Waals surface area contributed by atoms with Crippen molar-refractivity contribution in [1.29, 1.82) is 0 Å². The highest BCUT2D eigenvalue weighted by atomic mass is 16.5. The molecular weight excluding hydrogens is 530 g/mol. The smallest absolute Gasteiger partial charge is 0.161 e. The number of nitrogens with one attached hydrogen (secondary N) is 1. The second-order valence-corrected chi connectivity index (χ2v) is 13.0. The maximum Gasteiger partial charge on any atom is 0.161 e. The number of rotatable bonds is 12. The van der Waals surface area contributed by atoms with Gasteiger partial charge in [-0.05, 0) is 92.9 Å². The van der Waals surface area contributed by atoms with E-state index >= 15 is 0 Å². The Balaban J connectivity index is 0.957. The number of likely N-dealkylation sites (tertiary alicyclic amines) is 2. The van der Waals surface area contributed by atoms with Crippen molar-refractivity contribution >= 4 is 0 Å². The second-order valence-electron chi connectivity index (χ2n) is 13.0. The highest BCUT2D eigenvalue weighted by Crippen LogP contribution is 2.32. The summed E-state index contributed by atoms with van der Waals surface area (Å²) in [6.45, 7) is 7.68. The van der Waals surface area contributed by atoms with Crippen molar-refractivity contribution in [2.45, 2.75) is 76.0 Å². The van der Waals surface area contributed by atoms with Crippen LogP contribution >= 0.6 is 0 Å². The van der Waals surface area contributed by atoms with Gasteiger partial charge in [0.15, 0.2) is 11.5 Å². The predicted octanol–water partition coefficient (Wildman–Crippen LogP) is 7.11. The van der Waals surface area contributed by atoms with Crippen molar-refractivity contribution in [2.24, 2.45) is 5.92 Å². The third-order valence-electron chi connectivity index (χ3n) is 10.2. The van der Waals surface area contributed by atoms with Gasteiger partial charge in [0.25, 0.3) is 0 Å². The number of hydrogen-bond acceptors (Lipinski definition) is 5. The number of nitrogens with zero attached hydrogens (tertiary/aromatic N) is 2. The molecule has 0 radical (unpaired) electrons. The first-order valence-electron chi connectivity index (χ1n) is 16.9. The average molecular weight is 582 g/mol. The zero-order valence-corrected chi connectivity index (χ0v) is 26.1. The van der Waals surface area contributed by atoms with Crippen molar-refractivity contribution in [1.82, 2.24) is 15.1 Å². The molecule has 3 aromatic carbocycles. The lowest BCUT2D eigenvalue weighted by Crippen LogP contribution is -2.42. The van der Waals surface area contributed by atoms with Crippen LogP contribution in [0.4, 0.5) is 0 Å². The number of ether oxygens (including phenoxy) is 2. The van der Waals surface area contributed by atoms with E-state index in [2.05, 4.69) is 94.0 Å². The molecule has 6 rings (SSSR count). The van der Waals surface area contributed by atoms with Crippen molar-refractivity contribution < 1.29 is 9.47 Å². The molecule has 5 heteroatoms. The minimum absolute atomic E-state index is 0.219. The normalized spacial score (nSPS) is 19.7. The monoisotopic (exact) mass is 581 g/mol. The summed E-state index contributed by atoms with van der Waals surface area (Å²) in [6, 6.07) is 29.2. The summed E-state index contributed by atoms with van der Waals surface area (Å²) in [5.41, 5.74) is 4.03. The van der Waals surface area contributed by atoms with Crippen LogP contribution in [0.5, 0.6) is 11.5 Å². The third kappa shape index (κ3) is 8.20. The van der Waals surface area contributed by atoms with E-state index < -0.39 is 0 Å². The SMILES string of the molecule is COc1cc(CNCC2CCN(C3CCCC3)CC2)ccc1OC1CCN(CC(c2ccccc2)c2ccccc2)CC1. The Bertz CT molecular complexity index is 1190. The molecule has 230 valence electrons. The Kier molecular flexibility index (Phi) is 10.7. The van der Waals surface area contributed by atoms with E-state index in [0.29, 0.717) is 5.92 Å². The largest absolute Gasteiger partial charge is 0.493 e. The maximum absolute atomic E-state index is 6.53. The summed E-state index contributed by atoms with van der Waals surface area (Å²) >= 11 is 0. The van der Waals surface area contributed by atoms with E-state index in [4.69, 9.17) is 9.47 Å². The molecule has 43 heavy (non-hydrogen) atoms. The first kappa shape index (κ1) is 30.2. The quantitative estimate of drug-likeness (QED) is 0.247. The summed E-state index contributed by atoms with van der Waals surface area (Å²) in [7, 11) is 1.76. The molecule has 2 saturated heterocycles. The van der Waals surface area contributed by atoms with Crippen LogP contribution in [0, 0.1) is 5.92 Å². The minimum atomic E-state index is 0.219. The highest BCUT2D eigenvalue weighted by Gasteiger charge is 2.27. The molecule has 0 spiro atoms. The maximum atomic E-state index is 6.53.